The maximum atomic E-state index is 5.81. The van der Waals surface area contributed by atoms with Crippen molar-refractivity contribution in [3.63, 3.8) is 0 Å². The molecule has 2 unspecified atom stereocenters. The molecule has 80 valence electrons. The molecule has 3 heteroatoms. The Hall–Kier alpha value is -1.06. The van der Waals surface area contributed by atoms with Crippen molar-refractivity contribution in [2.45, 2.75) is 18.6 Å². The van der Waals surface area contributed by atoms with Gasteiger partial charge in [0.25, 0.3) is 0 Å². The van der Waals surface area contributed by atoms with Crippen molar-refractivity contribution in [1.82, 2.24) is 5.32 Å². The molecular weight excluding hydrogens is 190 g/mol. The van der Waals surface area contributed by atoms with E-state index in [1.807, 2.05) is 12.1 Å². The highest BCUT2D eigenvalue weighted by Gasteiger charge is 2.36. The van der Waals surface area contributed by atoms with Gasteiger partial charge in [0.1, 0.15) is 5.75 Å². The Morgan fingerprint density at radius 3 is 3.27 bits per heavy atom. The summed E-state index contributed by atoms with van der Waals surface area (Å²) in [5.74, 6) is 0.993. The molecule has 2 atom stereocenters. The highest BCUT2D eigenvalue weighted by molar-refractivity contribution is 5.46. The van der Waals surface area contributed by atoms with Gasteiger partial charge in [-0.05, 0) is 18.1 Å². The van der Waals surface area contributed by atoms with E-state index in [1.54, 1.807) is 7.11 Å². The molecule has 1 aliphatic carbocycles. The number of fused-ring (bicyclic) bond motifs is 3. The van der Waals surface area contributed by atoms with E-state index in [4.69, 9.17) is 9.47 Å². The molecule has 15 heavy (non-hydrogen) atoms. The number of nitrogens with one attached hydrogen (secondary N) is 1. The van der Waals surface area contributed by atoms with Crippen LogP contribution in [0.4, 0.5) is 0 Å². The lowest BCUT2D eigenvalue weighted by atomic mass is 10.1. The second-order valence-electron chi connectivity index (χ2n) is 4.08. The lowest BCUT2D eigenvalue weighted by molar-refractivity contribution is 0.00358. The summed E-state index contributed by atoms with van der Waals surface area (Å²) in [4.78, 5) is 0. The summed E-state index contributed by atoms with van der Waals surface area (Å²) in [6.45, 7) is 1.76. The van der Waals surface area contributed by atoms with Gasteiger partial charge in [-0.2, -0.15) is 0 Å². The van der Waals surface area contributed by atoms with Crippen LogP contribution in [0.25, 0.3) is 0 Å². The molecule has 3 rings (SSSR count). The zero-order chi connectivity index (χ0) is 10.3. The van der Waals surface area contributed by atoms with Crippen molar-refractivity contribution in [3.8, 4) is 5.75 Å². The monoisotopic (exact) mass is 205 g/mol. The average Bonchev–Trinajstić information content (AvgIpc) is 2.67. The van der Waals surface area contributed by atoms with E-state index in [0.717, 1.165) is 25.3 Å². The molecule has 2 aliphatic rings. The molecule has 0 spiro atoms. The van der Waals surface area contributed by atoms with Crippen LogP contribution in [-0.4, -0.2) is 26.3 Å². The predicted molar refractivity (Wildman–Crippen MR) is 57.2 cm³/mol. The van der Waals surface area contributed by atoms with Gasteiger partial charge >= 0.3 is 0 Å². The molecule has 0 aromatic heterocycles. The summed E-state index contributed by atoms with van der Waals surface area (Å²) < 4.78 is 11.2. The van der Waals surface area contributed by atoms with Crippen molar-refractivity contribution in [1.29, 1.82) is 0 Å². The van der Waals surface area contributed by atoms with E-state index >= 15 is 0 Å². The predicted octanol–water partition coefficient (Wildman–Crippen LogP) is 1.28. The molecule has 0 bridgehead atoms. The molecular formula is C12H15NO2. The van der Waals surface area contributed by atoms with Crippen LogP contribution >= 0.6 is 0 Å². The molecule has 1 aromatic rings. The summed E-state index contributed by atoms with van der Waals surface area (Å²) in [6.07, 6.45) is 1.24. The molecule has 1 aromatic carbocycles. The first-order valence-electron chi connectivity index (χ1n) is 5.41. The SMILES string of the molecule is COc1cccc2c1CC1NCCOC21. The highest BCUT2D eigenvalue weighted by atomic mass is 16.5. The van der Waals surface area contributed by atoms with E-state index in [-0.39, 0.29) is 6.10 Å². The molecule has 0 radical (unpaired) electrons. The summed E-state index contributed by atoms with van der Waals surface area (Å²) in [7, 11) is 1.73. The van der Waals surface area contributed by atoms with E-state index in [2.05, 4.69) is 11.4 Å². The first-order chi connectivity index (χ1) is 7.40. The van der Waals surface area contributed by atoms with Gasteiger partial charge in [-0.3, -0.25) is 0 Å². The van der Waals surface area contributed by atoms with Crippen molar-refractivity contribution in [2.24, 2.45) is 0 Å². The fourth-order valence-corrected chi connectivity index (χ4v) is 2.62. The lowest BCUT2D eigenvalue weighted by Gasteiger charge is -2.27. The molecule has 1 saturated heterocycles. The van der Waals surface area contributed by atoms with E-state index in [9.17, 15) is 0 Å². The number of morpholine rings is 1. The lowest BCUT2D eigenvalue weighted by Crippen LogP contribution is -2.41. The minimum atomic E-state index is 0.226. The second kappa shape index (κ2) is 3.51. The zero-order valence-corrected chi connectivity index (χ0v) is 8.82. The molecule has 1 fully saturated rings. The van der Waals surface area contributed by atoms with Crippen LogP contribution in [0.2, 0.25) is 0 Å². The van der Waals surface area contributed by atoms with Gasteiger partial charge in [-0.15, -0.1) is 0 Å². The Labute approximate surface area is 89.4 Å². The number of hydrogen-bond donors (Lipinski definition) is 1. The smallest absolute Gasteiger partial charge is 0.122 e. The molecule has 1 N–H and O–H groups in total. The average molecular weight is 205 g/mol. The van der Waals surface area contributed by atoms with Crippen LogP contribution in [0.15, 0.2) is 18.2 Å². The van der Waals surface area contributed by atoms with Gasteiger partial charge in [0.2, 0.25) is 0 Å². The number of rotatable bonds is 1. The zero-order valence-electron chi connectivity index (χ0n) is 8.82. The summed E-state index contributed by atoms with van der Waals surface area (Å²) in [5, 5.41) is 3.50. The Bertz CT molecular complexity index is 378. The van der Waals surface area contributed by atoms with Crippen LogP contribution in [0.3, 0.4) is 0 Å². The van der Waals surface area contributed by atoms with Crippen LogP contribution in [0.1, 0.15) is 17.2 Å². The highest BCUT2D eigenvalue weighted by Crippen LogP contribution is 2.39. The standard InChI is InChI=1S/C12H15NO2/c1-14-11-4-2-3-8-9(11)7-10-12(8)15-6-5-13-10/h2-4,10,12-13H,5-7H2,1H3. The van der Waals surface area contributed by atoms with Crippen LogP contribution in [-0.2, 0) is 11.2 Å². The number of ether oxygens (including phenoxy) is 2. The maximum absolute atomic E-state index is 5.81. The third kappa shape index (κ3) is 1.34. The summed E-state index contributed by atoms with van der Waals surface area (Å²) in [6, 6.07) is 6.65. The van der Waals surface area contributed by atoms with Gasteiger partial charge in [0.05, 0.1) is 19.8 Å². The van der Waals surface area contributed by atoms with Gasteiger partial charge in [-0.1, -0.05) is 12.1 Å². The quantitative estimate of drug-likeness (QED) is 0.749. The molecule has 3 nitrogen and oxygen atoms in total. The second-order valence-corrected chi connectivity index (χ2v) is 4.08. The van der Waals surface area contributed by atoms with Crippen molar-refractivity contribution < 1.29 is 9.47 Å². The van der Waals surface area contributed by atoms with Crippen molar-refractivity contribution >= 4 is 0 Å². The Balaban J connectivity index is 2.03. The number of hydrogen-bond acceptors (Lipinski definition) is 3. The topological polar surface area (TPSA) is 30.5 Å². The van der Waals surface area contributed by atoms with E-state index < -0.39 is 0 Å². The van der Waals surface area contributed by atoms with Crippen LogP contribution < -0.4 is 10.1 Å². The Morgan fingerprint density at radius 1 is 1.47 bits per heavy atom. The van der Waals surface area contributed by atoms with E-state index in [1.165, 1.54) is 11.1 Å². The van der Waals surface area contributed by atoms with E-state index in [0.29, 0.717) is 6.04 Å². The van der Waals surface area contributed by atoms with Gasteiger partial charge in [0, 0.05) is 18.2 Å². The molecule has 0 saturated carbocycles. The minimum absolute atomic E-state index is 0.226. The summed E-state index contributed by atoms with van der Waals surface area (Å²) >= 11 is 0. The molecule has 1 aliphatic heterocycles. The molecule has 1 heterocycles. The van der Waals surface area contributed by atoms with Gasteiger partial charge < -0.3 is 14.8 Å². The maximum Gasteiger partial charge on any atom is 0.122 e. The number of benzene rings is 1. The fraction of sp³-hybridized carbons (Fsp3) is 0.500. The molecule has 0 amide bonds. The van der Waals surface area contributed by atoms with Gasteiger partial charge in [0.15, 0.2) is 0 Å². The van der Waals surface area contributed by atoms with Crippen molar-refractivity contribution in [2.75, 3.05) is 20.3 Å². The third-order valence-corrected chi connectivity index (χ3v) is 3.29. The number of methoxy groups -OCH3 is 1. The normalized spacial score (nSPS) is 28.3. The first kappa shape index (κ1) is 9.19. The minimum Gasteiger partial charge on any atom is -0.496 e. The summed E-state index contributed by atoms with van der Waals surface area (Å²) in [5.41, 5.74) is 2.61. The van der Waals surface area contributed by atoms with Crippen LogP contribution in [0.5, 0.6) is 5.75 Å². The van der Waals surface area contributed by atoms with Crippen molar-refractivity contribution in [3.05, 3.63) is 29.3 Å². The van der Waals surface area contributed by atoms with Gasteiger partial charge in [-0.25, -0.2) is 0 Å². The first-order valence-corrected chi connectivity index (χ1v) is 5.41. The third-order valence-electron chi connectivity index (χ3n) is 3.29. The largest absolute Gasteiger partial charge is 0.496 e. The Morgan fingerprint density at radius 2 is 2.40 bits per heavy atom. The van der Waals surface area contributed by atoms with Crippen LogP contribution in [0, 0.1) is 0 Å². The Kier molecular flexibility index (Phi) is 2.15. The fourth-order valence-electron chi connectivity index (χ4n) is 2.62.